The monoisotopic (exact) mass is 262 g/mol. The van der Waals surface area contributed by atoms with E-state index in [1.54, 1.807) is 24.6 Å². The molecule has 1 N–H and O–H groups in total. The van der Waals surface area contributed by atoms with E-state index in [4.69, 9.17) is 0 Å². The molecule has 0 spiro atoms. The molecular formula is C15H19FN2O. The Labute approximate surface area is 112 Å². The second-order valence-electron chi connectivity index (χ2n) is 5.18. The summed E-state index contributed by atoms with van der Waals surface area (Å²) < 4.78 is 15.3. The zero-order valence-corrected chi connectivity index (χ0v) is 11.7. The van der Waals surface area contributed by atoms with E-state index in [1.807, 2.05) is 12.3 Å². The number of hydrogen-bond acceptors (Lipinski definition) is 2. The summed E-state index contributed by atoms with van der Waals surface area (Å²) in [6, 6.07) is 5.04. The standard InChI is InChI=1S/C15H19FN2O/c1-9(2)14-5-6-18(17-14)15-7-10(3)13(16)8-12(15)11(4)19/h5-9,11,19H,1-4H3/t11-/m0/s1. The lowest BCUT2D eigenvalue weighted by atomic mass is 10.1. The van der Waals surface area contributed by atoms with Gasteiger partial charge in [0.25, 0.3) is 0 Å². The molecule has 102 valence electrons. The van der Waals surface area contributed by atoms with Crippen molar-refractivity contribution in [3.8, 4) is 5.69 Å². The van der Waals surface area contributed by atoms with Gasteiger partial charge in [-0.05, 0) is 43.5 Å². The van der Waals surface area contributed by atoms with Crippen molar-refractivity contribution in [3.05, 3.63) is 47.0 Å². The first kappa shape index (κ1) is 13.7. The molecule has 1 heterocycles. The molecular weight excluding hydrogens is 243 g/mol. The van der Waals surface area contributed by atoms with Crippen LogP contribution in [0, 0.1) is 12.7 Å². The summed E-state index contributed by atoms with van der Waals surface area (Å²) in [6.07, 6.45) is 1.10. The maximum Gasteiger partial charge on any atom is 0.126 e. The normalized spacial score (nSPS) is 13.0. The van der Waals surface area contributed by atoms with E-state index in [9.17, 15) is 9.50 Å². The minimum absolute atomic E-state index is 0.309. The lowest BCUT2D eigenvalue weighted by molar-refractivity contribution is 0.198. The Hall–Kier alpha value is -1.68. The van der Waals surface area contributed by atoms with Crippen molar-refractivity contribution in [2.45, 2.75) is 39.7 Å². The van der Waals surface area contributed by atoms with E-state index in [-0.39, 0.29) is 5.82 Å². The highest BCUT2D eigenvalue weighted by Gasteiger charge is 2.14. The van der Waals surface area contributed by atoms with Gasteiger partial charge in [-0.2, -0.15) is 5.10 Å². The highest BCUT2D eigenvalue weighted by Crippen LogP contribution is 2.25. The topological polar surface area (TPSA) is 38.0 Å². The lowest BCUT2D eigenvalue weighted by Gasteiger charge is -2.14. The number of rotatable bonds is 3. The van der Waals surface area contributed by atoms with Crippen molar-refractivity contribution in [1.29, 1.82) is 0 Å². The Bertz CT molecular complexity index is 588. The minimum Gasteiger partial charge on any atom is -0.389 e. The first-order valence-electron chi connectivity index (χ1n) is 6.44. The van der Waals surface area contributed by atoms with Crippen LogP contribution in [0.4, 0.5) is 4.39 Å². The summed E-state index contributed by atoms with van der Waals surface area (Å²) in [5.41, 5.74) is 2.78. The molecule has 0 unspecified atom stereocenters. The number of benzene rings is 1. The number of halogens is 1. The van der Waals surface area contributed by atoms with Gasteiger partial charge in [-0.1, -0.05) is 13.8 Å². The number of aromatic nitrogens is 2. The highest BCUT2D eigenvalue weighted by atomic mass is 19.1. The third kappa shape index (κ3) is 2.68. The largest absolute Gasteiger partial charge is 0.389 e. The summed E-state index contributed by atoms with van der Waals surface area (Å²) >= 11 is 0. The average Bonchev–Trinajstić information content (AvgIpc) is 2.81. The molecule has 4 heteroatoms. The Morgan fingerprint density at radius 3 is 2.47 bits per heavy atom. The summed E-state index contributed by atoms with van der Waals surface area (Å²) in [6.45, 7) is 7.47. The smallest absolute Gasteiger partial charge is 0.126 e. The van der Waals surface area contributed by atoms with Gasteiger partial charge in [-0.15, -0.1) is 0 Å². The van der Waals surface area contributed by atoms with E-state index in [2.05, 4.69) is 18.9 Å². The van der Waals surface area contributed by atoms with E-state index in [1.165, 1.54) is 6.07 Å². The van der Waals surface area contributed by atoms with E-state index in [0.29, 0.717) is 17.0 Å². The molecule has 2 aromatic rings. The van der Waals surface area contributed by atoms with Crippen LogP contribution in [-0.4, -0.2) is 14.9 Å². The van der Waals surface area contributed by atoms with Gasteiger partial charge in [0.2, 0.25) is 0 Å². The fourth-order valence-corrected chi connectivity index (χ4v) is 1.99. The van der Waals surface area contributed by atoms with Gasteiger partial charge >= 0.3 is 0 Å². The van der Waals surface area contributed by atoms with Crippen LogP contribution >= 0.6 is 0 Å². The van der Waals surface area contributed by atoms with Gasteiger partial charge in [-0.25, -0.2) is 9.07 Å². The first-order chi connectivity index (χ1) is 8.90. The van der Waals surface area contributed by atoms with Crippen LogP contribution in [0.3, 0.4) is 0 Å². The fraction of sp³-hybridized carbons (Fsp3) is 0.400. The Kier molecular flexibility index (Phi) is 3.71. The van der Waals surface area contributed by atoms with Gasteiger partial charge in [0.05, 0.1) is 17.5 Å². The fourth-order valence-electron chi connectivity index (χ4n) is 1.99. The molecule has 19 heavy (non-hydrogen) atoms. The second kappa shape index (κ2) is 5.13. The zero-order valence-electron chi connectivity index (χ0n) is 11.7. The molecule has 2 rings (SSSR count). The van der Waals surface area contributed by atoms with Crippen LogP contribution in [0.5, 0.6) is 0 Å². The Balaban J connectivity index is 2.56. The SMILES string of the molecule is Cc1cc(-n2ccc(C(C)C)n2)c([C@H](C)O)cc1F. The van der Waals surface area contributed by atoms with Gasteiger partial charge in [0.1, 0.15) is 5.82 Å². The van der Waals surface area contributed by atoms with Gasteiger partial charge in [-0.3, -0.25) is 0 Å². The quantitative estimate of drug-likeness (QED) is 0.919. The second-order valence-corrected chi connectivity index (χ2v) is 5.18. The Morgan fingerprint density at radius 2 is 1.95 bits per heavy atom. The van der Waals surface area contributed by atoms with Crippen molar-refractivity contribution in [3.63, 3.8) is 0 Å². The summed E-state index contributed by atoms with van der Waals surface area (Å²) in [5, 5.41) is 14.3. The summed E-state index contributed by atoms with van der Waals surface area (Å²) in [4.78, 5) is 0. The van der Waals surface area contributed by atoms with Crippen LogP contribution in [0.15, 0.2) is 24.4 Å². The summed E-state index contributed by atoms with van der Waals surface area (Å²) in [7, 11) is 0. The molecule has 0 bridgehead atoms. The van der Waals surface area contributed by atoms with Gasteiger partial charge in [0.15, 0.2) is 0 Å². The third-order valence-electron chi connectivity index (χ3n) is 3.21. The van der Waals surface area contributed by atoms with Crippen molar-refractivity contribution < 1.29 is 9.50 Å². The average molecular weight is 262 g/mol. The Morgan fingerprint density at radius 1 is 1.26 bits per heavy atom. The van der Waals surface area contributed by atoms with Crippen LogP contribution < -0.4 is 0 Å². The maximum absolute atomic E-state index is 13.6. The van der Waals surface area contributed by atoms with Crippen LogP contribution in [0.25, 0.3) is 5.69 Å². The van der Waals surface area contributed by atoms with Crippen molar-refractivity contribution in [1.82, 2.24) is 9.78 Å². The molecule has 0 saturated carbocycles. The number of aliphatic hydroxyl groups excluding tert-OH is 1. The third-order valence-corrected chi connectivity index (χ3v) is 3.21. The number of hydrogen-bond donors (Lipinski definition) is 1. The molecule has 0 saturated heterocycles. The molecule has 0 aliphatic heterocycles. The van der Waals surface area contributed by atoms with E-state index < -0.39 is 6.10 Å². The molecule has 0 amide bonds. The predicted octanol–water partition coefficient (Wildman–Crippen LogP) is 3.50. The molecule has 0 aliphatic rings. The number of aliphatic hydroxyl groups is 1. The first-order valence-corrected chi connectivity index (χ1v) is 6.44. The zero-order chi connectivity index (χ0) is 14.2. The van der Waals surface area contributed by atoms with Crippen LogP contribution in [-0.2, 0) is 0 Å². The van der Waals surface area contributed by atoms with Crippen molar-refractivity contribution >= 4 is 0 Å². The van der Waals surface area contributed by atoms with Crippen molar-refractivity contribution in [2.24, 2.45) is 0 Å². The van der Waals surface area contributed by atoms with E-state index >= 15 is 0 Å². The molecule has 1 aromatic carbocycles. The van der Waals surface area contributed by atoms with Gasteiger partial charge in [0, 0.05) is 11.8 Å². The summed E-state index contributed by atoms with van der Waals surface area (Å²) in [5.74, 6) is 0.0219. The maximum atomic E-state index is 13.6. The molecule has 0 fully saturated rings. The van der Waals surface area contributed by atoms with Crippen LogP contribution in [0.2, 0.25) is 0 Å². The number of nitrogens with zero attached hydrogens (tertiary/aromatic N) is 2. The number of aryl methyl sites for hydroxylation is 1. The van der Waals surface area contributed by atoms with E-state index in [0.717, 1.165) is 11.4 Å². The predicted molar refractivity (Wildman–Crippen MR) is 73.0 cm³/mol. The van der Waals surface area contributed by atoms with Gasteiger partial charge < -0.3 is 5.11 Å². The molecule has 0 radical (unpaired) electrons. The minimum atomic E-state index is -0.739. The lowest BCUT2D eigenvalue weighted by Crippen LogP contribution is -2.06. The van der Waals surface area contributed by atoms with Crippen LogP contribution in [0.1, 0.15) is 49.6 Å². The molecule has 1 aromatic heterocycles. The highest BCUT2D eigenvalue weighted by molar-refractivity contribution is 5.45. The van der Waals surface area contributed by atoms with Crippen molar-refractivity contribution in [2.75, 3.05) is 0 Å². The molecule has 3 nitrogen and oxygen atoms in total. The molecule has 0 aliphatic carbocycles. The molecule has 1 atom stereocenters.